The van der Waals surface area contributed by atoms with Gasteiger partial charge >= 0.3 is 0 Å². The second-order valence-electron chi connectivity index (χ2n) is 6.48. The van der Waals surface area contributed by atoms with Crippen molar-refractivity contribution < 1.29 is 4.74 Å². The number of unbranched alkanes of at least 4 members (excludes halogenated alkanes) is 9. The highest BCUT2D eigenvalue weighted by Crippen LogP contribution is 2.41. The third-order valence-electron chi connectivity index (χ3n) is 4.55. The van der Waals surface area contributed by atoms with Crippen molar-refractivity contribution in [3.63, 3.8) is 0 Å². The summed E-state index contributed by atoms with van der Waals surface area (Å²) in [5.41, 5.74) is 1.36. The second kappa shape index (κ2) is 10.00. The first-order valence-electron chi connectivity index (χ1n) is 9.12. The Morgan fingerprint density at radius 2 is 1.33 bits per heavy atom. The summed E-state index contributed by atoms with van der Waals surface area (Å²) in [6, 6.07) is 10.7. The van der Waals surface area contributed by atoms with Crippen molar-refractivity contribution in [1.29, 1.82) is 0 Å². The van der Waals surface area contributed by atoms with Crippen LogP contribution < -0.4 is 0 Å². The van der Waals surface area contributed by atoms with Gasteiger partial charge in [0.2, 0.25) is 0 Å². The third-order valence-corrected chi connectivity index (χ3v) is 4.55. The van der Waals surface area contributed by atoms with Crippen molar-refractivity contribution in [3.05, 3.63) is 35.9 Å². The highest BCUT2D eigenvalue weighted by Gasteiger charge is 2.38. The Hall–Kier alpha value is -0.820. The smallest absolute Gasteiger partial charge is 0.109 e. The first-order chi connectivity index (χ1) is 10.4. The maximum atomic E-state index is 5.79. The molecule has 2 rings (SSSR count). The molecule has 1 aliphatic rings. The van der Waals surface area contributed by atoms with Gasteiger partial charge in [0.1, 0.15) is 6.10 Å². The van der Waals surface area contributed by atoms with Gasteiger partial charge in [0.05, 0.1) is 6.10 Å². The summed E-state index contributed by atoms with van der Waals surface area (Å²) < 4.78 is 5.79. The molecule has 2 atom stereocenters. The van der Waals surface area contributed by atoms with Crippen LogP contribution in [-0.4, -0.2) is 6.10 Å². The van der Waals surface area contributed by atoms with E-state index < -0.39 is 0 Å². The van der Waals surface area contributed by atoms with E-state index >= 15 is 0 Å². The van der Waals surface area contributed by atoms with Gasteiger partial charge in [-0.1, -0.05) is 101 Å². The molecule has 2 unspecified atom stereocenters. The molecular weight excluding hydrogens is 256 g/mol. The Kier molecular flexibility index (Phi) is 7.88. The van der Waals surface area contributed by atoms with E-state index in [-0.39, 0.29) is 0 Å². The third kappa shape index (κ3) is 6.65. The Morgan fingerprint density at radius 1 is 0.762 bits per heavy atom. The van der Waals surface area contributed by atoms with Crippen LogP contribution >= 0.6 is 0 Å². The zero-order valence-corrected chi connectivity index (χ0v) is 13.7. The van der Waals surface area contributed by atoms with Crippen molar-refractivity contribution in [3.8, 4) is 0 Å². The molecular formula is C20H32O. The summed E-state index contributed by atoms with van der Waals surface area (Å²) in [7, 11) is 0. The van der Waals surface area contributed by atoms with Crippen LogP contribution in [0.3, 0.4) is 0 Å². The Balaban J connectivity index is 1.38. The lowest BCUT2D eigenvalue weighted by atomic mass is 10.0. The van der Waals surface area contributed by atoms with E-state index in [4.69, 9.17) is 4.74 Å². The van der Waals surface area contributed by atoms with Crippen LogP contribution in [0.1, 0.15) is 89.2 Å². The monoisotopic (exact) mass is 288 g/mol. The number of hydrogen-bond acceptors (Lipinski definition) is 1. The molecule has 1 nitrogen and oxygen atoms in total. The van der Waals surface area contributed by atoms with E-state index in [9.17, 15) is 0 Å². The molecule has 0 radical (unpaired) electrons. The SMILES string of the molecule is CCCCCCCCCCCCC1OC1c1ccccc1. The summed E-state index contributed by atoms with van der Waals surface area (Å²) in [4.78, 5) is 0. The highest BCUT2D eigenvalue weighted by molar-refractivity contribution is 5.22. The molecule has 1 aromatic rings. The maximum absolute atomic E-state index is 5.79. The summed E-state index contributed by atoms with van der Waals surface area (Å²) in [6.45, 7) is 2.28. The Bertz CT molecular complexity index is 359. The van der Waals surface area contributed by atoms with E-state index in [1.54, 1.807) is 0 Å². The topological polar surface area (TPSA) is 12.5 Å². The van der Waals surface area contributed by atoms with Gasteiger partial charge in [0.25, 0.3) is 0 Å². The van der Waals surface area contributed by atoms with Gasteiger partial charge in [0.15, 0.2) is 0 Å². The van der Waals surface area contributed by atoms with Crippen LogP contribution in [0, 0.1) is 0 Å². The first kappa shape index (κ1) is 16.5. The molecule has 1 heterocycles. The number of hydrogen-bond donors (Lipinski definition) is 0. The molecule has 1 fully saturated rings. The van der Waals surface area contributed by atoms with Gasteiger partial charge in [-0.3, -0.25) is 0 Å². The zero-order valence-electron chi connectivity index (χ0n) is 13.7. The van der Waals surface area contributed by atoms with Crippen LogP contribution in [-0.2, 0) is 4.74 Å². The predicted octanol–water partition coefficient (Wildman–Crippen LogP) is 6.44. The van der Waals surface area contributed by atoms with Crippen molar-refractivity contribution in [2.24, 2.45) is 0 Å². The fraction of sp³-hybridized carbons (Fsp3) is 0.700. The first-order valence-corrected chi connectivity index (χ1v) is 9.12. The average molecular weight is 288 g/mol. The largest absolute Gasteiger partial charge is 0.365 e. The Morgan fingerprint density at radius 3 is 1.95 bits per heavy atom. The normalized spacial score (nSPS) is 20.6. The quantitative estimate of drug-likeness (QED) is 0.318. The number of epoxide rings is 1. The van der Waals surface area contributed by atoms with E-state index in [1.165, 1.54) is 76.2 Å². The van der Waals surface area contributed by atoms with Gasteiger partial charge in [-0.2, -0.15) is 0 Å². The lowest BCUT2D eigenvalue weighted by Crippen LogP contribution is -1.90. The molecule has 0 N–H and O–H groups in total. The summed E-state index contributed by atoms with van der Waals surface area (Å²) in [5.74, 6) is 0. The maximum Gasteiger partial charge on any atom is 0.109 e. The molecule has 0 saturated carbocycles. The molecule has 0 amide bonds. The minimum absolute atomic E-state index is 0.393. The van der Waals surface area contributed by atoms with Gasteiger partial charge in [-0.05, 0) is 12.0 Å². The summed E-state index contributed by atoms with van der Waals surface area (Å²) >= 11 is 0. The van der Waals surface area contributed by atoms with Crippen molar-refractivity contribution >= 4 is 0 Å². The highest BCUT2D eigenvalue weighted by atomic mass is 16.6. The molecule has 0 aromatic heterocycles. The van der Waals surface area contributed by atoms with Crippen molar-refractivity contribution in [1.82, 2.24) is 0 Å². The predicted molar refractivity (Wildman–Crippen MR) is 90.5 cm³/mol. The fourth-order valence-corrected chi connectivity index (χ4v) is 3.13. The lowest BCUT2D eigenvalue weighted by Gasteiger charge is -2.01. The van der Waals surface area contributed by atoms with E-state index in [0.717, 1.165) is 0 Å². The van der Waals surface area contributed by atoms with Crippen LogP contribution in [0.2, 0.25) is 0 Å². The number of rotatable bonds is 12. The summed E-state index contributed by atoms with van der Waals surface area (Å²) in [6.07, 6.45) is 16.3. The minimum Gasteiger partial charge on any atom is -0.365 e. The van der Waals surface area contributed by atoms with Crippen LogP contribution in [0.25, 0.3) is 0 Å². The van der Waals surface area contributed by atoms with E-state index in [1.807, 2.05) is 0 Å². The molecule has 0 bridgehead atoms. The molecule has 21 heavy (non-hydrogen) atoms. The van der Waals surface area contributed by atoms with Crippen molar-refractivity contribution in [2.75, 3.05) is 0 Å². The van der Waals surface area contributed by atoms with Gasteiger partial charge < -0.3 is 4.74 Å². The van der Waals surface area contributed by atoms with Gasteiger partial charge in [-0.15, -0.1) is 0 Å². The van der Waals surface area contributed by atoms with E-state index in [0.29, 0.717) is 12.2 Å². The summed E-state index contributed by atoms with van der Waals surface area (Å²) in [5, 5.41) is 0. The van der Waals surface area contributed by atoms with Crippen LogP contribution in [0.15, 0.2) is 30.3 Å². The van der Waals surface area contributed by atoms with Gasteiger partial charge in [0, 0.05) is 0 Å². The second-order valence-corrected chi connectivity index (χ2v) is 6.48. The molecule has 1 heteroatoms. The molecule has 118 valence electrons. The van der Waals surface area contributed by atoms with Crippen LogP contribution in [0.4, 0.5) is 0 Å². The van der Waals surface area contributed by atoms with E-state index in [2.05, 4.69) is 37.3 Å². The zero-order chi connectivity index (χ0) is 14.8. The molecule has 1 saturated heterocycles. The van der Waals surface area contributed by atoms with Crippen molar-refractivity contribution in [2.45, 2.75) is 89.8 Å². The molecule has 0 aliphatic carbocycles. The molecule has 0 spiro atoms. The lowest BCUT2D eigenvalue weighted by molar-refractivity contribution is 0.360. The van der Waals surface area contributed by atoms with Gasteiger partial charge in [-0.25, -0.2) is 0 Å². The molecule has 1 aliphatic heterocycles. The molecule has 1 aromatic carbocycles. The fourth-order valence-electron chi connectivity index (χ4n) is 3.13. The Labute approximate surface area is 131 Å². The number of ether oxygens (including phenoxy) is 1. The average Bonchev–Trinajstić information content (AvgIpc) is 3.30. The number of benzene rings is 1. The van der Waals surface area contributed by atoms with Crippen LogP contribution in [0.5, 0.6) is 0 Å². The minimum atomic E-state index is 0.393. The standard InChI is InChI=1S/C20H32O/c1-2-3-4-5-6-7-8-9-10-14-17-19-20(21-19)18-15-12-11-13-16-18/h11-13,15-16,19-20H,2-10,14,17H2,1H3.